The minimum atomic E-state index is -0.0900. The Morgan fingerprint density at radius 2 is 1.44 bits per heavy atom. The zero-order valence-corrected chi connectivity index (χ0v) is 23.0. The number of allylic oxidation sites excluding steroid dienone is 1. The van der Waals surface area contributed by atoms with Crippen molar-refractivity contribution in [2.75, 3.05) is 0 Å². The monoisotopic (exact) mass is 506 g/mol. The molecule has 2 aromatic heterocycles. The van der Waals surface area contributed by atoms with Crippen LogP contribution in [0.3, 0.4) is 0 Å². The maximum Gasteiger partial charge on any atom is 0.214 e. The van der Waals surface area contributed by atoms with Crippen molar-refractivity contribution in [2.24, 2.45) is 7.05 Å². The van der Waals surface area contributed by atoms with Gasteiger partial charge in [-0.25, -0.2) is 4.57 Å². The number of aryl methyl sites for hydroxylation is 3. The van der Waals surface area contributed by atoms with Crippen molar-refractivity contribution in [1.29, 1.82) is 0 Å². The van der Waals surface area contributed by atoms with Gasteiger partial charge in [0, 0.05) is 49.1 Å². The van der Waals surface area contributed by atoms with E-state index < -0.39 is 0 Å². The molecule has 0 bridgehead atoms. The van der Waals surface area contributed by atoms with Crippen LogP contribution in [0.15, 0.2) is 109 Å². The summed E-state index contributed by atoms with van der Waals surface area (Å²) in [6.07, 6.45) is 7.96. The van der Waals surface area contributed by atoms with Crippen molar-refractivity contribution in [2.45, 2.75) is 38.6 Å². The van der Waals surface area contributed by atoms with Gasteiger partial charge in [-0.2, -0.15) is 4.57 Å². The van der Waals surface area contributed by atoms with Crippen LogP contribution in [0.2, 0.25) is 0 Å². The van der Waals surface area contributed by atoms with Crippen LogP contribution in [0.4, 0.5) is 0 Å². The number of aromatic nitrogens is 2. The summed E-state index contributed by atoms with van der Waals surface area (Å²) in [6.45, 7) is 4.56. The van der Waals surface area contributed by atoms with Gasteiger partial charge in [-0.05, 0) is 59.0 Å². The third-order valence-electron chi connectivity index (χ3n) is 9.02. The van der Waals surface area contributed by atoms with E-state index in [1.807, 2.05) is 0 Å². The molecule has 0 N–H and O–H groups in total. The fraction of sp³-hybridized carbons (Fsp3) is 0.189. The van der Waals surface area contributed by atoms with Gasteiger partial charge in [0.05, 0.1) is 11.1 Å². The second kappa shape index (κ2) is 9.17. The molecule has 0 radical (unpaired) electrons. The second-order valence-corrected chi connectivity index (χ2v) is 11.0. The lowest BCUT2D eigenvalue weighted by Gasteiger charge is -2.28. The largest absolute Gasteiger partial charge is 0.214 e. The summed E-state index contributed by atoms with van der Waals surface area (Å²) in [6, 6.07) is 38.1. The van der Waals surface area contributed by atoms with E-state index in [1.54, 1.807) is 0 Å². The highest BCUT2D eigenvalue weighted by Crippen LogP contribution is 2.47. The topological polar surface area (TPSA) is 7.76 Å². The van der Waals surface area contributed by atoms with Gasteiger partial charge >= 0.3 is 0 Å². The van der Waals surface area contributed by atoms with Crippen LogP contribution in [0.5, 0.6) is 0 Å². The van der Waals surface area contributed by atoms with Crippen molar-refractivity contribution in [3.8, 4) is 33.6 Å². The predicted octanol–water partition coefficient (Wildman–Crippen LogP) is 7.71. The quantitative estimate of drug-likeness (QED) is 0.221. The molecular weight excluding hydrogens is 472 g/mol. The summed E-state index contributed by atoms with van der Waals surface area (Å²) in [5.41, 5.74) is 14.4. The van der Waals surface area contributed by atoms with Gasteiger partial charge in [0.2, 0.25) is 11.4 Å². The van der Waals surface area contributed by atoms with Gasteiger partial charge in [-0.3, -0.25) is 0 Å². The molecule has 39 heavy (non-hydrogen) atoms. The van der Waals surface area contributed by atoms with Crippen molar-refractivity contribution in [1.82, 2.24) is 0 Å². The number of hydrogen-bond donors (Lipinski definition) is 0. The lowest BCUT2D eigenvalue weighted by atomic mass is 9.78. The van der Waals surface area contributed by atoms with Crippen LogP contribution in [0, 0.1) is 6.92 Å². The molecule has 3 aromatic carbocycles. The first-order valence-electron chi connectivity index (χ1n) is 14.1. The SMILES string of the molecule is CCC12CCc3cccc([n+]31)-c1ccccc1C=C2c1ccccc1-c1cc(-c2ccccc2C)cc[n+]1C. The molecule has 7 rings (SSSR count). The van der Waals surface area contributed by atoms with Gasteiger partial charge in [-0.1, -0.05) is 67.6 Å². The van der Waals surface area contributed by atoms with E-state index in [2.05, 4.69) is 145 Å². The number of fused-ring (bicyclic) bond motifs is 2. The summed E-state index contributed by atoms with van der Waals surface area (Å²) in [5, 5.41) is 0. The molecule has 4 heterocycles. The second-order valence-electron chi connectivity index (χ2n) is 11.0. The summed E-state index contributed by atoms with van der Waals surface area (Å²) >= 11 is 0. The van der Waals surface area contributed by atoms with Gasteiger partial charge in [0.1, 0.15) is 7.05 Å². The average Bonchev–Trinajstić information content (AvgIpc) is 3.31. The summed E-state index contributed by atoms with van der Waals surface area (Å²) in [4.78, 5) is 0. The Bertz CT molecular complexity index is 1780. The summed E-state index contributed by atoms with van der Waals surface area (Å²) < 4.78 is 4.94. The molecule has 0 saturated heterocycles. The zero-order valence-electron chi connectivity index (χ0n) is 23.0. The number of nitrogens with zero attached hydrogens (tertiary/aromatic N) is 2. The van der Waals surface area contributed by atoms with E-state index in [1.165, 1.54) is 61.6 Å². The van der Waals surface area contributed by atoms with Crippen LogP contribution >= 0.6 is 0 Å². The Balaban J connectivity index is 1.50. The van der Waals surface area contributed by atoms with E-state index in [-0.39, 0.29) is 5.54 Å². The van der Waals surface area contributed by atoms with Crippen molar-refractivity contribution < 1.29 is 9.13 Å². The molecule has 0 saturated carbocycles. The van der Waals surface area contributed by atoms with Gasteiger partial charge in [-0.15, -0.1) is 0 Å². The fourth-order valence-electron chi connectivity index (χ4n) is 7.01. The Hall–Kier alpha value is -4.30. The maximum atomic E-state index is 2.67. The smallest absolute Gasteiger partial charge is 0.201 e. The summed E-state index contributed by atoms with van der Waals surface area (Å²) in [7, 11) is 2.16. The average molecular weight is 507 g/mol. The molecule has 0 amide bonds. The predicted molar refractivity (Wildman–Crippen MR) is 160 cm³/mol. The minimum Gasteiger partial charge on any atom is -0.201 e. The molecule has 2 aliphatic rings. The molecule has 190 valence electrons. The molecule has 0 spiro atoms. The Morgan fingerprint density at radius 1 is 0.718 bits per heavy atom. The van der Waals surface area contributed by atoms with Gasteiger partial charge in [0.15, 0.2) is 17.4 Å². The molecule has 5 aromatic rings. The minimum absolute atomic E-state index is 0.0900. The Kier molecular flexibility index (Phi) is 5.59. The number of hydrogen-bond acceptors (Lipinski definition) is 0. The van der Waals surface area contributed by atoms with Crippen LogP contribution < -0.4 is 9.13 Å². The van der Waals surface area contributed by atoms with Crippen molar-refractivity contribution >= 4 is 11.6 Å². The summed E-state index contributed by atoms with van der Waals surface area (Å²) in [5.74, 6) is 0. The third-order valence-corrected chi connectivity index (χ3v) is 9.02. The molecule has 1 unspecified atom stereocenters. The molecule has 2 aliphatic heterocycles. The molecule has 2 heteroatoms. The molecular formula is C37H34N2+2. The molecule has 0 aliphatic carbocycles. The van der Waals surface area contributed by atoms with E-state index in [0.29, 0.717) is 0 Å². The number of rotatable bonds is 4. The maximum absolute atomic E-state index is 2.67. The first-order chi connectivity index (χ1) is 19.1. The Labute approximate surface area is 231 Å². The highest BCUT2D eigenvalue weighted by molar-refractivity contribution is 5.94. The van der Waals surface area contributed by atoms with Crippen LogP contribution in [-0.2, 0) is 19.0 Å². The first kappa shape index (κ1) is 23.8. The van der Waals surface area contributed by atoms with Crippen LogP contribution in [-0.4, -0.2) is 0 Å². The molecule has 0 fully saturated rings. The van der Waals surface area contributed by atoms with Gasteiger partial charge < -0.3 is 0 Å². The first-order valence-corrected chi connectivity index (χ1v) is 14.1. The Morgan fingerprint density at radius 3 is 2.23 bits per heavy atom. The van der Waals surface area contributed by atoms with E-state index in [9.17, 15) is 0 Å². The lowest BCUT2D eigenvalue weighted by molar-refractivity contribution is -0.732. The normalized spacial score (nSPS) is 17.3. The fourth-order valence-corrected chi connectivity index (χ4v) is 7.01. The van der Waals surface area contributed by atoms with Gasteiger partial charge in [0.25, 0.3) is 0 Å². The van der Waals surface area contributed by atoms with Crippen molar-refractivity contribution in [3.63, 3.8) is 0 Å². The standard InChI is InChI=1S/C37H34N2/c1-4-37-22-20-29-14-11-19-35(39(29)37)31-16-8-6-13-27(31)24-34(37)32-17-9-10-18-33(32)36-25-28(21-23-38(36)3)30-15-7-5-12-26(30)2/h5-19,21,23-25H,4,20,22H2,1-3H3/q+2. The number of pyridine rings is 2. The van der Waals surface area contributed by atoms with Crippen LogP contribution in [0.1, 0.15) is 42.1 Å². The number of benzene rings is 3. The molecule has 2 nitrogen and oxygen atoms in total. The van der Waals surface area contributed by atoms with E-state index in [4.69, 9.17) is 0 Å². The highest BCUT2D eigenvalue weighted by Gasteiger charge is 2.52. The van der Waals surface area contributed by atoms with Crippen molar-refractivity contribution in [3.05, 3.63) is 132 Å². The molecule has 1 atom stereocenters. The van der Waals surface area contributed by atoms with E-state index >= 15 is 0 Å². The third kappa shape index (κ3) is 3.62. The highest BCUT2D eigenvalue weighted by atomic mass is 15.1. The zero-order chi connectivity index (χ0) is 26.6. The van der Waals surface area contributed by atoms with E-state index in [0.717, 1.165) is 19.3 Å². The van der Waals surface area contributed by atoms with Crippen LogP contribution in [0.25, 0.3) is 45.3 Å². The lowest BCUT2D eigenvalue weighted by Crippen LogP contribution is -2.55.